The maximum Gasteiger partial charge on any atom is 0.251 e. The van der Waals surface area contributed by atoms with Gasteiger partial charge >= 0.3 is 0 Å². The van der Waals surface area contributed by atoms with Crippen molar-refractivity contribution in [1.82, 2.24) is 5.32 Å². The summed E-state index contributed by atoms with van der Waals surface area (Å²) in [6.07, 6.45) is 0.570. The summed E-state index contributed by atoms with van der Waals surface area (Å²) in [5.74, 6) is -0.0925. The summed E-state index contributed by atoms with van der Waals surface area (Å²) in [5.41, 5.74) is 1.78. The van der Waals surface area contributed by atoms with Crippen molar-refractivity contribution in [2.75, 3.05) is 18.1 Å². The van der Waals surface area contributed by atoms with Crippen LogP contribution in [0.15, 0.2) is 24.3 Å². The van der Waals surface area contributed by atoms with Gasteiger partial charge in [-0.15, -0.1) is 0 Å². The second kappa shape index (κ2) is 7.90. The number of aliphatic hydroxyl groups is 1. The van der Waals surface area contributed by atoms with Crippen LogP contribution in [0.4, 0.5) is 5.69 Å². The highest BCUT2D eigenvalue weighted by Crippen LogP contribution is 2.17. The van der Waals surface area contributed by atoms with Crippen LogP contribution in [0.1, 0.15) is 44.5 Å². The number of carbonyl (C=O) groups is 1. The van der Waals surface area contributed by atoms with Crippen LogP contribution in [-0.4, -0.2) is 36.2 Å². The van der Waals surface area contributed by atoms with E-state index in [9.17, 15) is 4.79 Å². The Morgan fingerprint density at radius 2 is 1.85 bits per heavy atom. The Bertz CT molecular complexity index is 415. The first-order chi connectivity index (χ1) is 9.49. The predicted molar refractivity (Wildman–Crippen MR) is 83.2 cm³/mol. The molecule has 20 heavy (non-hydrogen) atoms. The van der Waals surface area contributed by atoms with Gasteiger partial charge in [0.15, 0.2) is 0 Å². The summed E-state index contributed by atoms with van der Waals surface area (Å²) >= 11 is 0. The second-order valence-electron chi connectivity index (χ2n) is 5.31. The molecule has 2 N–H and O–H groups in total. The molecule has 0 radical (unpaired) electrons. The average molecular weight is 278 g/mol. The van der Waals surface area contributed by atoms with E-state index in [1.54, 1.807) is 0 Å². The molecule has 0 aromatic heterocycles. The van der Waals surface area contributed by atoms with Gasteiger partial charge in [-0.05, 0) is 58.4 Å². The van der Waals surface area contributed by atoms with Gasteiger partial charge in [0.1, 0.15) is 0 Å². The van der Waals surface area contributed by atoms with Crippen molar-refractivity contribution in [3.8, 4) is 0 Å². The van der Waals surface area contributed by atoms with Crippen molar-refractivity contribution < 1.29 is 9.90 Å². The van der Waals surface area contributed by atoms with Crippen LogP contribution in [0, 0.1) is 0 Å². The lowest BCUT2D eigenvalue weighted by Gasteiger charge is -2.27. The second-order valence-corrected chi connectivity index (χ2v) is 5.31. The molecule has 0 aliphatic heterocycles. The van der Waals surface area contributed by atoms with Crippen LogP contribution in [0.2, 0.25) is 0 Å². The lowest BCUT2D eigenvalue weighted by molar-refractivity contribution is 0.0934. The number of carbonyl (C=O) groups excluding carboxylic acids is 1. The highest BCUT2D eigenvalue weighted by molar-refractivity contribution is 5.94. The Kier molecular flexibility index (Phi) is 6.52. The van der Waals surface area contributed by atoms with Gasteiger partial charge in [-0.3, -0.25) is 4.79 Å². The van der Waals surface area contributed by atoms with E-state index in [2.05, 4.69) is 31.0 Å². The van der Waals surface area contributed by atoms with Gasteiger partial charge in [-0.1, -0.05) is 0 Å². The molecule has 0 spiro atoms. The number of nitrogens with zero attached hydrogens (tertiary/aromatic N) is 1. The van der Waals surface area contributed by atoms with Crippen molar-refractivity contribution >= 4 is 11.6 Å². The molecule has 4 nitrogen and oxygen atoms in total. The van der Waals surface area contributed by atoms with E-state index in [0.29, 0.717) is 18.0 Å². The van der Waals surface area contributed by atoms with Gasteiger partial charge in [-0.2, -0.15) is 0 Å². The molecule has 0 saturated heterocycles. The standard InChI is InChI=1S/C16H26N2O2/c1-5-18(12(2)3)15-8-6-14(7-9-15)16(20)17-13(4)10-11-19/h6-9,12-13,19H,5,10-11H2,1-4H3,(H,17,20). The van der Waals surface area contributed by atoms with E-state index < -0.39 is 0 Å². The molecular weight excluding hydrogens is 252 g/mol. The molecule has 1 unspecified atom stereocenters. The molecule has 1 amide bonds. The van der Waals surface area contributed by atoms with Gasteiger partial charge in [-0.25, -0.2) is 0 Å². The van der Waals surface area contributed by atoms with E-state index in [0.717, 1.165) is 12.2 Å². The lowest BCUT2D eigenvalue weighted by atomic mass is 10.1. The number of benzene rings is 1. The maximum atomic E-state index is 12.0. The van der Waals surface area contributed by atoms with Crippen LogP contribution in [0.25, 0.3) is 0 Å². The maximum absolute atomic E-state index is 12.0. The fourth-order valence-electron chi connectivity index (χ4n) is 2.22. The molecule has 112 valence electrons. The Hall–Kier alpha value is -1.55. The van der Waals surface area contributed by atoms with Crippen molar-refractivity contribution in [2.45, 2.75) is 46.2 Å². The third-order valence-corrected chi connectivity index (χ3v) is 3.36. The van der Waals surface area contributed by atoms with Crippen molar-refractivity contribution in [3.05, 3.63) is 29.8 Å². The fourth-order valence-corrected chi connectivity index (χ4v) is 2.22. The van der Waals surface area contributed by atoms with E-state index >= 15 is 0 Å². The van der Waals surface area contributed by atoms with Crippen LogP contribution < -0.4 is 10.2 Å². The topological polar surface area (TPSA) is 52.6 Å². The minimum absolute atomic E-state index is 0.0185. The molecule has 0 aliphatic rings. The fraction of sp³-hybridized carbons (Fsp3) is 0.562. The number of aliphatic hydroxyl groups excluding tert-OH is 1. The van der Waals surface area contributed by atoms with E-state index in [1.807, 2.05) is 31.2 Å². The Balaban J connectivity index is 2.73. The Labute approximate surface area is 121 Å². The summed E-state index contributed by atoms with van der Waals surface area (Å²) in [5, 5.41) is 11.7. The number of amides is 1. The van der Waals surface area contributed by atoms with Crippen LogP contribution in [-0.2, 0) is 0 Å². The van der Waals surface area contributed by atoms with Gasteiger partial charge in [0.2, 0.25) is 0 Å². The highest BCUT2D eigenvalue weighted by atomic mass is 16.3. The van der Waals surface area contributed by atoms with E-state index in [4.69, 9.17) is 5.11 Å². The normalized spacial score (nSPS) is 12.3. The molecule has 1 rings (SSSR count). The van der Waals surface area contributed by atoms with Crippen LogP contribution >= 0.6 is 0 Å². The molecule has 4 heteroatoms. The molecule has 1 aromatic carbocycles. The molecule has 1 atom stereocenters. The monoisotopic (exact) mass is 278 g/mol. The molecule has 1 aromatic rings. The third-order valence-electron chi connectivity index (χ3n) is 3.36. The lowest BCUT2D eigenvalue weighted by Crippen LogP contribution is -2.33. The summed E-state index contributed by atoms with van der Waals surface area (Å²) in [7, 11) is 0. The molecular formula is C16H26N2O2. The first kappa shape index (κ1) is 16.5. The summed E-state index contributed by atoms with van der Waals surface area (Å²) in [4.78, 5) is 14.3. The number of hydrogen-bond donors (Lipinski definition) is 2. The van der Waals surface area contributed by atoms with Crippen molar-refractivity contribution in [2.24, 2.45) is 0 Å². The minimum atomic E-state index is -0.0925. The zero-order valence-electron chi connectivity index (χ0n) is 12.9. The van der Waals surface area contributed by atoms with Crippen molar-refractivity contribution in [3.63, 3.8) is 0 Å². The van der Waals surface area contributed by atoms with E-state index in [-0.39, 0.29) is 18.6 Å². The molecule has 0 fully saturated rings. The zero-order valence-corrected chi connectivity index (χ0v) is 12.9. The number of hydrogen-bond acceptors (Lipinski definition) is 3. The quantitative estimate of drug-likeness (QED) is 0.805. The largest absolute Gasteiger partial charge is 0.396 e. The average Bonchev–Trinajstić information content (AvgIpc) is 2.40. The Morgan fingerprint density at radius 3 is 2.30 bits per heavy atom. The Morgan fingerprint density at radius 1 is 1.25 bits per heavy atom. The molecule has 0 saturated carbocycles. The number of anilines is 1. The third kappa shape index (κ3) is 4.53. The molecule has 0 heterocycles. The predicted octanol–water partition coefficient (Wildman–Crippen LogP) is 2.42. The summed E-state index contributed by atoms with van der Waals surface area (Å²) in [6.45, 7) is 9.34. The summed E-state index contributed by atoms with van der Waals surface area (Å²) in [6, 6.07) is 8.08. The number of rotatable bonds is 7. The van der Waals surface area contributed by atoms with Crippen LogP contribution in [0.3, 0.4) is 0 Å². The van der Waals surface area contributed by atoms with Gasteiger partial charge < -0.3 is 15.3 Å². The minimum Gasteiger partial charge on any atom is -0.396 e. The molecule has 0 aliphatic carbocycles. The first-order valence-corrected chi connectivity index (χ1v) is 7.28. The number of nitrogens with one attached hydrogen (secondary N) is 1. The van der Waals surface area contributed by atoms with Crippen molar-refractivity contribution in [1.29, 1.82) is 0 Å². The highest BCUT2D eigenvalue weighted by Gasteiger charge is 2.11. The summed E-state index contributed by atoms with van der Waals surface area (Å²) < 4.78 is 0. The van der Waals surface area contributed by atoms with Gasteiger partial charge in [0, 0.05) is 36.5 Å². The van der Waals surface area contributed by atoms with Gasteiger partial charge in [0.05, 0.1) is 0 Å². The first-order valence-electron chi connectivity index (χ1n) is 7.28. The SMILES string of the molecule is CCN(c1ccc(C(=O)NC(C)CCO)cc1)C(C)C. The molecule has 0 bridgehead atoms. The van der Waals surface area contributed by atoms with E-state index in [1.165, 1.54) is 0 Å². The van der Waals surface area contributed by atoms with Crippen LogP contribution in [0.5, 0.6) is 0 Å². The zero-order chi connectivity index (χ0) is 15.1. The smallest absolute Gasteiger partial charge is 0.251 e. The van der Waals surface area contributed by atoms with Gasteiger partial charge in [0.25, 0.3) is 5.91 Å².